The van der Waals surface area contributed by atoms with Gasteiger partial charge in [0, 0.05) is 17.0 Å². The molecule has 4 heteroatoms. The SMILES string of the molecule is CC(N)c1cccc(SCC(=O)NC2CCCCC2)c1. The second-order valence-electron chi connectivity index (χ2n) is 5.55. The van der Waals surface area contributed by atoms with Crippen molar-refractivity contribution in [2.75, 3.05) is 5.75 Å². The van der Waals surface area contributed by atoms with Crippen LogP contribution >= 0.6 is 11.8 Å². The molecule has 110 valence electrons. The molecule has 3 N–H and O–H groups in total. The number of rotatable bonds is 5. The Morgan fingerprint density at radius 2 is 2.15 bits per heavy atom. The third-order valence-electron chi connectivity index (χ3n) is 3.72. The van der Waals surface area contributed by atoms with E-state index >= 15 is 0 Å². The molecule has 1 saturated carbocycles. The Balaban J connectivity index is 1.79. The summed E-state index contributed by atoms with van der Waals surface area (Å²) < 4.78 is 0. The van der Waals surface area contributed by atoms with Crippen LogP contribution in [0.15, 0.2) is 29.2 Å². The van der Waals surface area contributed by atoms with Crippen molar-refractivity contribution >= 4 is 17.7 Å². The number of hydrogen-bond donors (Lipinski definition) is 2. The smallest absolute Gasteiger partial charge is 0.230 e. The quantitative estimate of drug-likeness (QED) is 0.819. The van der Waals surface area contributed by atoms with Crippen LogP contribution in [0, 0.1) is 0 Å². The number of nitrogens with two attached hydrogens (primary N) is 1. The minimum absolute atomic E-state index is 0.0339. The average molecular weight is 292 g/mol. The van der Waals surface area contributed by atoms with Crippen LogP contribution in [0.1, 0.15) is 50.6 Å². The molecular formula is C16H24N2OS. The van der Waals surface area contributed by atoms with Gasteiger partial charge in [-0.1, -0.05) is 31.4 Å². The lowest BCUT2D eigenvalue weighted by Crippen LogP contribution is -2.37. The zero-order valence-electron chi connectivity index (χ0n) is 12.1. The van der Waals surface area contributed by atoms with Crippen molar-refractivity contribution in [3.05, 3.63) is 29.8 Å². The first-order chi connectivity index (χ1) is 9.65. The summed E-state index contributed by atoms with van der Waals surface area (Å²) in [6, 6.07) is 8.56. The van der Waals surface area contributed by atoms with Crippen LogP contribution < -0.4 is 11.1 Å². The van der Waals surface area contributed by atoms with Crippen LogP contribution in [0.25, 0.3) is 0 Å². The fourth-order valence-corrected chi connectivity index (χ4v) is 3.33. The van der Waals surface area contributed by atoms with E-state index in [0.717, 1.165) is 23.3 Å². The zero-order chi connectivity index (χ0) is 14.4. The van der Waals surface area contributed by atoms with Gasteiger partial charge in [0.1, 0.15) is 0 Å². The Hall–Kier alpha value is -1.00. The molecule has 1 aromatic rings. The van der Waals surface area contributed by atoms with E-state index < -0.39 is 0 Å². The fraction of sp³-hybridized carbons (Fsp3) is 0.562. The van der Waals surface area contributed by atoms with Crippen molar-refractivity contribution in [1.29, 1.82) is 0 Å². The van der Waals surface area contributed by atoms with Gasteiger partial charge in [0.25, 0.3) is 0 Å². The first-order valence-electron chi connectivity index (χ1n) is 7.43. The van der Waals surface area contributed by atoms with Gasteiger partial charge in [0.2, 0.25) is 5.91 Å². The van der Waals surface area contributed by atoms with Crippen molar-refractivity contribution in [2.45, 2.75) is 56.0 Å². The molecule has 3 nitrogen and oxygen atoms in total. The molecule has 0 saturated heterocycles. The van der Waals surface area contributed by atoms with Crippen molar-refractivity contribution in [2.24, 2.45) is 5.73 Å². The third-order valence-corrected chi connectivity index (χ3v) is 4.72. The highest BCUT2D eigenvalue weighted by molar-refractivity contribution is 8.00. The predicted molar refractivity (Wildman–Crippen MR) is 84.8 cm³/mol. The number of hydrogen-bond acceptors (Lipinski definition) is 3. The van der Waals surface area contributed by atoms with Gasteiger partial charge in [0.05, 0.1) is 5.75 Å². The first kappa shape index (κ1) is 15.4. The normalized spacial score (nSPS) is 17.7. The van der Waals surface area contributed by atoms with Crippen molar-refractivity contribution in [3.8, 4) is 0 Å². The fourth-order valence-electron chi connectivity index (χ4n) is 2.55. The number of benzene rings is 1. The van der Waals surface area contributed by atoms with Crippen LogP contribution in [0.4, 0.5) is 0 Å². The molecule has 0 heterocycles. The Kier molecular flexibility index (Phi) is 5.92. The van der Waals surface area contributed by atoms with Crippen LogP contribution in [0.2, 0.25) is 0 Å². The summed E-state index contributed by atoms with van der Waals surface area (Å²) >= 11 is 1.58. The topological polar surface area (TPSA) is 55.1 Å². The lowest BCUT2D eigenvalue weighted by molar-refractivity contribution is -0.119. The number of thioether (sulfide) groups is 1. The van der Waals surface area contributed by atoms with Gasteiger partial charge >= 0.3 is 0 Å². The summed E-state index contributed by atoms with van der Waals surface area (Å²) in [5.74, 6) is 0.631. The Morgan fingerprint density at radius 3 is 2.85 bits per heavy atom. The molecule has 0 spiro atoms. The molecule has 0 aliphatic heterocycles. The summed E-state index contributed by atoms with van der Waals surface area (Å²) in [6.07, 6.45) is 6.07. The molecule has 1 aliphatic carbocycles. The minimum Gasteiger partial charge on any atom is -0.353 e. The van der Waals surface area contributed by atoms with E-state index in [1.54, 1.807) is 11.8 Å². The second-order valence-corrected chi connectivity index (χ2v) is 6.60. The standard InChI is InChI=1S/C16H24N2OS/c1-12(17)13-6-5-9-15(10-13)20-11-16(19)18-14-7-3-2-4-8-14/h5-6,9-10,12,14H,2-4,7-8,11,17H2,1H3,(H,18,19). The molecule has 1 amide bonds. The number of amides is 1. The predicted octanol–water partition coefficient (Wildman–Crippen LogP) is 3.25. The summed E-state index contributed by atoms with van der Waals surface area (Å²) in [7, 11) is 0. The number of nitrogens with one attached hydrogen (secondary N) is 1. The first-order valence-corrected chi connectivity index (χ1v) is 8.41. The summed E-state index contributed by atoms with van der Waals surface area (Å²) in [4.78, 5) is 13.1. The molecule has 1 aliphatic rings. The molecule has 2 rings (SSSR count). The van der Waals surface area contributed by atoms with Crippen molar-refractivity contribution in [1.82, 2.24) is 5.32 Å². The van der Waals surface area contributed by atoms with Crippen molar-refractivity contribution < 1.29 is 4.79 Å². The summed E-state index contributed by atoms with van der Waals surface area (Å²) in [5, 5.41) is 3.14. The van der Waals surface area contributed by atoms with Gasteiger partial charge in [-0.05, 0) is 37.5 Å². The molecule has 1 aromatic carbocycles. The summed E-state index contributed by atoms with van der Waals surface area (Å²) in [5.41, 5.74) is 6.99. The largest absolute Gasteiger partial charge is 0.353 e. The highest BCUT2D eigenvalue weighted by Gasteiger charge is 2.15. The number of carbonyl (C=O) groups excluding carboxylic acids is 1. The second kappa shape index (κ2) is 7.70. The lowest BCUT2D eigenvalue weighted by atomic mass is 9.95. The van der Waals surface area contributed by atoms with E-state index in [4.69, 9.17) is 5.73 Å². The van der Waals surface area contributed by atoms with Gasteiger partial charge in [-0.15, -0.1) is 11.8 Å². The van der Waals surface area contributed by atoms with E-state index in [2.05, 4.69) is 11.4 Å². The maximum atomic E-state index is 11.9. The van der Waals surface area contributed by atoms with Gasteiger partial charge < -0.3 is 11.1 Å². The van der Waals surface area contributed by atoms with Gasteiger partial charge in [-0.25, -0.2) is 0 Å². The number of carbonyl (C=O) groups is 1. The Bertz CT molecular complexity index is 442. The molecule has 0 aromatic heterocycles. The lowest BCUT2D eigenvalue weighted by Gasteiger charge is -2.22. The van der Waals surface area contributed by atoms with E-state index in [0.29, 0.717) is 11.8 Å². The van der Waals surface area contributed by atoms with E-state index in [9.17, 15) is 4.79 Å². The zero-order valence-corrected chi connectivity index (χ0v) is 12.9. The maximum absolute atomic E-state index is 11.9. The summed E-state index contributed by atoms with van der Waals surface area (Å²) in [6.45, 7) is 1.97. The highest BCUT2D eigenvalue weighted by atomic mass is 32.2. The van der Waals surface area contributed by atoms with Crippen molar-refractivity contribution in [3.63, 3.8) is 0 Å². The Labute approximate surface area is 125 Å². The van der Waals surface area contributed by atoms with E-state index in [-0.39, 0.29) is 11.9 Å². The maximum Gasteiger partial charge on any atom is 0.230 e. The van der Waals surface area contributed by atoms with Gasteiger partial charge in [-0.3, -0.25) is 4.79 Å². The monoisotopic (exact) mass is 292 g/mol. The van der Waals surface area contributed by atoms with E-state index in [1.807, 2.05) is 25.1 Å². The molecule has 0 bridgehead atoms. The van der Waals surface area contributed by atoms with Gasteiger partial charge in [-0.2, -0.15) is 0 Å². The Morgan fingerprint density at radius 1 is 1.40 bits per heavy atom. The van der Waals surface area contributed by atoms with Crippen LogP contribution in [-0.2, 0) is 4.79 Å². The molecular weight excluding hydrogens is 268 g/mol. The van der Waals surface area contributed by atoms with Crippen LogP contribution in [-0.4, -0.2) is 17.7 Å². The van der Waals surface area contributed by atoms with Gasteiger partial charge in [0.15, 0.2) is 0 Å². The average Bonchev–Trinajstić information content (AvgIpc) is 2.46. The van der Waals surface area contributed by atoms with Crippen LogP contribution in [0.3, 0.4) is 0 Å². The minimum atomic E-state index is 0.0339. The molecule has 1 atom stereocenters. The van der Waals surface area contributed by atoms with E-state index in [1.165, 1.54) is 19.3 Å². The third kappa shape index (κ3) is 4.84. The molecule has 20 heavy (non-hydrogen) atoms. The van der Waals surface area contributed by atoms with Crippen LogP contribution in [0.5, 0.6) is 0 Å². The highest BCUT2D eigenvalue weighted by Crippen LogP contribution is 2.22. The molecule has 1 fully saturated rings. The molecule has 0 radical (unpaired) electrons. The molecule has 1 unspecified atom stereocenters.